The van der Waals surface area contributed by atoms with Crippen molar-refractivity contribution in [2.75, 3.05) is 0 Å². The maximum Gasteiger partial charge on any atom is 0.242 e. The quantitative estimate of drug-likeness (QED) is 0.907. The molecule has 21 heavy (non-hydrogen) atoms. The number of nitrogens with zero attached hydrogens (tertiary/aromatic N) is 3. The Morgan fingerprint density at radius 3 is 2.71 bits per heavy atom. The van der Waals surface area contributed by atoms with Gasteiger partial charge >= 0.3 is 0 Å². The van der Waals surface area contributed by atoms with Crippen LogP contribution in [-0.4, -0.2) is 23.4 Å². The van der Waals surface area contributed by atoms with E-state index in [4.69, 9.17) is 0 Å². The Labute approximate surface area is 123 Å². The van der Waals surface area contributed by atoms with Crippen molar-refractivity contribution in [1.82, 2.24) is 19.7 Å². The van der Waals surface area contributed by atoms with Crippen molar-refractivity contribution in [3.63, 3.8) is 0 Å². The van der Waals surface area contributed by atoms with Crippen LogP contribution >= 0.6 is 0 Å². The minimum atomic E-state index is -3.62. The molecular formula is C14H16N4O2S. The molecule has 0 spiro atoms. The van der Waals surface area contributed by atoms with Crippen LogP contribution in [-0.2, 0) is 10.0 Å². The van der Waals surface area contributed by atoms with Gasteiger partial charge in [-0.15, -0.1) is 0 Å². The first-order chi connectivity index (χ1) is 10.1. The van der Waals surface area contributed by atoms with Gasteiger partial charge in [-0.3, -0.25) is 4.98 Å². The van der Waals surface area contributed by atoms with E-state index in [2.05, 4.69) is 19.7 Å². The lowest BCUT2D eigenvalue weighted by Crippen LogP contribution is -2.31. The number of hydrogen-bond acceptors (Lipinski definition) is 5. The van der Waals surface area contributed by atoms with Crippen molar-refractivity contribution < 1.29 is 8.42 Å². The molecule has 110 valence electrons. The normalized spacial score (nSPS) is 16.6. The highest BCUT2D eigenvalue weighted by Gasteiger charge is 2.37. The summed E-state index contributed by atoms with van der Waals surface area (Å²) in [5, 5.41) is 0. The van der Waals surface area contributed by atoms with E-state index in [0.717, 1.165) is 18.5 Å². The van der Waals surface area contributed by atoms with E-state index in [0.29, 0.717) is 5.82 Å². The van der Waals surface area contributed by atoms with Gasteiger partial charge in [0, 0.05) is 24.3 Å². The molecule has 1 aliphatic carbocycles. The first-order valence-electron chi connectivity index (χ1n) is 6.78. The van der Waals surface area contributed by atoms with Crippen molar-refractivity contribution >= 4 is 10.0 Å². The van der Waals surface area contributed by atoms with E-state index in [1.807, 2.05) is 6.92 Å². The van der Waals surface area contributed by atoms with Gasteiger partial charge < -0.3 is 0 Å². The number of aryl methyl sites for hydroxylation is 1. The molecule has 1 N–H and O–H groups in total. The molecule has 2 aromatic rings. The van der Waals surface area contributed by atoms with Crippen molar-refractivity contribution in [3.8, 4) is 0 Å². The Morgan fingerprint density at radius 1 is 1.29 bits per heavy atom. The Kier molecular flexibility index (Phi) is 3.69. The van der Waals surface area contributed by atoms with Crippen molar-refractivity contribution in [2.24, 2.45) is 5.92 Å². The number of hydrogen-bond donors (Lipinski definition) is 1. The highest BCUT2D eigenvalue weighted by Crippen LogP contribution is 2.40. The lowest BCUT2D eigenvalue weighted by molar-refractivity contribution is 0.509. The average Bonchev–Trinajstić information content (AvgIpc) is 3.30. The van der Waals surface area contributed by atoms with E-state index < -0.39 is 10.0 Å². The first-order valence-corrected chi connectivity index (χ1v) is 8.26. The zero-order valence-corrected chi connectivity index (χ0v) is 12.4. The molecule has 7 heteroatoms. The number of pyridine rings is 1. The van der Waals surface area contributed by atoms with E-state index in [1.54, 1.807) is 24.5 Å². The van der Waals surface area contributed by atoms with Crippen LogP contribution in [0, 0.1) is 12.8 Å². The summed E-state index contributed by atoms with van der Waals surface area (Å²) in [6, 6.07) is 4.54. The predicted molar refractivity (Wildman–Crippen MR) is 76.8 cm³/mol. The summed E-state index contributed by atoms with van der Waals surface area (Å²) in [7, 11) is -3.62. The van der Waals surface area contributed by atoms with Crippen molar-refractivity contribution in [3.05, 3.63) is 48.3 Å². The van der Waals surface area contributed by atoms with Gasteiger partial charge in [0.1, 0.15) is 10.7 Å². The molecule has 1 aliphatic rings. The van der Waals surface area contributed by atoms with Crippen LogP contribution < -0.4 is 4.72 Å². The zero-order chi connectivity index (χ0) is 14.9. The monoisotopic (exact) mass is 304 g/mol. The van der Waals surface area contributed by atoms with Crippen LogP contribution in [0.5, 0.6) is 0 Å². The van der Waals surface area contributed by atoms with Crippen LogP contribution in [0.2, 0.25) is 0 Å². The molecule has 0 amide bonds. The van der Waals surface area contributed by atoms with E-state index in [1.165, 1.54) is 12.3 Å². The van der Waals surface area contributed by atoms with Crippen LogP contribution in [0.25, 0.3) is 0 Å². The van der Waals surface area contributed by atoms with Gasteiger partial charge in [-0.2, -0.15) is 0 Å². The van der Waals surface area contributed by atoms with Gasteiger partial charge in [-0.25, -0.2) is 23.1 Å². The maximum absolute atomic E-state index is 12.4. The second kappa shape index (κ2) is 5.50. The average molecular weight is 304 g/mol. The molecule has 1 saturated carbocycles. The highest BCUT2D eigenvalue weighted by molar-refractivity contribution is 7.89. The molecule has 1 unspecified atom stereocenters. The lowest BCUT2D eigenvalue weighted by atomic mass is 10.2. The van der Waals surface area contributed by atoms with Gasteiger partial charge in [0.05, 0.1) is 6.04 Å². The summed E-state index contributed by atoms with van der Waals surface area (Å²) in [5.41, 5.74) is 0.825. The summed E-state index contributed by atoms with van der Waals surface area (Å²) in [4.78, 5) is 12.6. The fourth-order valence-corrected chi connectivity index (χ4v) is 3.37. The number of sulfonamides is 1. The van der Waals surface area contributed by atoms with Gasteiger partial charge in [0.15, 0.2) is 0 Å². The molecule has 0 radical (unpaired) electrons. The minimum Gasteiger partial charge on any atom is -0.263 e. The van der Waals surface area contributed by atoms with Crippen molar-refractivity contribution in [2.45, 2.75) is 30.7 Å². The molecule has 0 aliphatic heterocycles. The molecule has 6 nitrogen and oxygen atoms in total. The minimum absolute atomic E-state index is 0.156. The summed E-state index contributed by atoms with van der Waals surface area (Å²) >= 11 is 0. The summed E-state index contributed by atoms with van der Waals surface area (Å²) in [6.45, 7) is 1.87. The van der Waals surface area contributed by atoms with Gasteiger partial charge in [0.2, 0.25) is 10.0 Å². The second-order valence-electron chi connectivity index (χ2n) is 5.18. The predicted octanol–water partition coefficient (Wildman–Crippen LogP) is 1.61. The third-order valence-corrected chi connectivity index (χ3v) is 4.84. The Bertz CT molecular complexity index is 730. The molecule has 0 bridgehead atoms. The van der Waals surface area contributed by atoms with Crippen LogP contribution in [0.4, 0.5) is 0 Å². The number of nitrogens with one attached hydrogen (secondary N) is 1. The fraction of sp³-hybridized carbons (Fsp3) is 0.357. The Morgan fingerprint density at radius 2 is 2.10 bits per heavy atom. The second-order valence-corrected chi connectivity index (χ2v) is 6.90. The summed E-state index contributed by atoms with van der Waals surface area (Å²) in [5.74, 6) is 0.795. The smallest absolute Gasteiger partial charge is 0.242 e. The van der Waals surface area contributed by atoms with E-state index >= 15 is 0 Å². The fourth-order valence-electron chi connectivity index (χ4n) is 2.15. The largest absolute Gasteiger partial charge is 0.263 e. The molecule has 1 fully saturated rings. The Balaban J connectivity index is 1.90. The van der Waals surface area contributed by atoms with Gasteiger partial charge in [-0.05, 0) is 43.9 Å². The molecule has 1 atom stereocenters. The van der Waals surface area contributed by atoms with Crippen LogP contribution in [0.1, 0.15) is 30.4 Å². The lowest BCUT2D eigenvalue weighted by Gasteiger charge is -2.17. The van der Waals surface area contributed by atoms with Gasteiger partial charge in [0.25, 0.3) is 0 Å². The molecular weight excluding hydrogens is 288 g/mol. The summed E-state index contributed by atoms with van der Waals surface area (Å²) < 4.78 is 27.6. The standard InChI is InChI=1S/C14H16N4O2S/c1-10-6-8-16-14(17-10)13(11-4-5-11)18-21(19,20)12-3-2-7-15-9-12/h2-3,6-9,11,13,18H,4-5H2,1H3. The topological polar surface area (TPSA) is 84.8 Å². The van der Waals surface area contributed by atoms with Crippen molar-refractivity contribution in [1.29, 1.82) is 0 Å². The third-order valence-electron chi connectivity index (χ3n) is 3.41. The maximum atomic E-state index is 12.4. The van der Waals surface area contributed by atoms with E-state index in [9.17, 15) is 8.42 Å². The van der Waals surface area contributed by atoms with Crippen LogP contribution in [0.3, 0.4) is 0 Å². The third kappa shape index (κ3) is 3.25. The first kappa shape index (κ1) is 14.1. The molecule has 2 aromatic heterocycles. The highest BCUT2D eigenvalue weighted by atomic mass is 32.2. The molecule has 0 saturated heterocycles. The summed E-state index contributed by atoms with van der Waals surface area (Å²) in [6.07, 6.45) is 6.50. The molecule has 3 rings (SSSR count). The SMILES string of the molecule is Cc1ccnc(C(NS(=O)(=O)c2cccnc2)C2CC2)n1. The molecule has 0 aromatic carbocycles. The Hall–Kier alpha value is -1.86. The number of aromatic nitrogens is 3. The van der Waals surface area contributed by atoms with Crippen LogP contribution in [0.15, 0.2) is 41.7 Å². The van der Waals surface area contributed by atoms with Gasteiger partial charge in [-0.1, -0.05) is 0 Å². The zero-order valence-electron chi connectivity index (χ0n) is 11.6. The van der Waals surface area contributed by atoms with E-state index in [-0.39, 0.29) is 16.9 Å². The number of rotatable bonds is 5. The molecule has 2 heterocycles.